The summed E-state index contributed by atoms with van der Waals surface area (Å²) in [6, 6.07) is 5.23. The quantitative estimate of drug-likeness (QED) is 0.782. The topological polar surface area (TPSA) is 38.8 Å². The molecule has 0 N–H and O–H groups in total. The van der Waals surface area contributed by atoms with Crippen molar-refractivity contribution < 1.29 is 23.0 Å². The van der Waals surface area contributed by atoms with Crippen molar-refractivity contribution in [2.24, 2.45) is 5.92 Å². The maximum absolute atomic E-state index is 13.1. The van der Waals surface area contributed by atoms with E-state index >= 15 is 0 Å². The standard InChI is InChI=1S/C17H19F2NO3/c1-20-12-3-2-4-13(20)8-11(7-12)16(21)10-5-6-14-15(9-10)23-17(18,19)22-14/h5-6,9,11-13H,2-4,7-8H2,1H3. The molecule has 1 aromatic rings. The molecular formula is C17H19F2NO3. The smallest absolute Gasteiger partial charge is 0.395 e. The lowest BCUT2D eigenvalue weighted by Crippen LogP contribution is -2.51. The molecule has 3 heterocycles. The molecule has 0 saturated carbocycles. The lowest BCUT2D eigenvalue weighted by Gasteiger charge is -2.46. The minimum absolute atomic E-state index is 0.0215. The minimum Gasteiger partial charge on any atom is -0.395 e. The number of halogens is 2. The van der Waals surface area contributed by atoms with Gasteiger partial charge in [0.1, 0.15) is 0 Å². The molecule has 4 nitrogen and oxygen atoms in total. The molecule has 2 fully saturated rings. The van der Waals surface area contributed by atoms with Crippen LogP contribution in [0.3, 0.4) is 0 Å². The van der Waals surface area contributed by atoms with E-state index in [4.69, 9.17) is 0 Å². The molecule has 0 spiro atoms. The Hall–Kier alpha value is -1.69. The maximum Gasteiger partial charge on any atom is 0.586 e. The van der Waals surface area contributed by atoms with Crippen molar-refractivity contribution >= 4 is 5.78 Å². The second-order valence-electron chi connectivity index (χ2n) is 6.77. The number of carbonyl (C=O) groups excluding carboxylic acids is 1. The number of carbonyl (C=O) groups is 1. The molecule has 1 aromatic carbocycles. The largest absolute Gasteiger partial charge is 0.586 e. The highest BCUT2D eigenvalue weighted by Crippen LogP contribution is 2.42. The third-order valence-corrected chi connectivity index (χ3v) is 5.40. The van der Waals surface area contributed by atoms with E-state index in [2.05, 4.69) is 21.4 Å². The van der Waals surface area contributed by atoms with Crippen LogP contribution in [0.4, 0.5) is 8.78 Å². The lowest BCUT2D eigenvalue weighted by molar-refractivity contribution is -0.286. The first-order valence-electron chi connectivity index (χ1n) is 8.09. The third kappa shape index (κ3) is 2.59. The Labute approximate surface area is 133 Å². The Balaban J connectivity index is 1.54. The first-order valence-corrected chi connectivity index (χ1v) is 8.09. The van der Waals surface area contributed by atoms with Crippen LogP contribution in [0.15, 0.2) is 18.2 Å². The van der Waals surface area contributed by atoms with Crippen molar-refractivity contribution in [1.29, 1.82) is 0 Å². The van der Waals surface area contributed by atoms with Gasteiger partial charge in [0, 0.05) is 23.6 Å². The van der Waals surface area contributed by atoms with E-state index < -0.39 is 6.29 Å². The van der Waals surface area contributed by atoms with Crippen LogP contribution in [-0.4, -0.2) is 36.1 Å². The number of ether oxygens (including phenoxy) is 2. The molecule has 2 bridgehead atoms. The van der Waals surface area contributed by atoms with E-state index in [0.717, 1.165) is 25.7 Å². The number of alkyl halides is 2. The van der Waals surface area contributed by atoms with Crippen molar-refractivity contribution in [3.05, 3.63) is 23.8 Å². The van der Waals surface area contributed by atoms with Crippen molar-refractivity contribution in [1.82, 2.24) is 4.90 Å². The van der Waals surface area contributed by atoms with Crippen LogP contribution in [-0.2, 0) is 0 Å². The van der Waals surface area contributed by atoms with Crippen LogP contribution in [0.5, 0.6) is 11.5 Å². The highest BCUT2D eigenvalue weighted by atomic mass is 19.3. The van der Waals surface area contributed by atoms with Gasteiger partial charge in [-0.3, -0.25) is 4.79 Å². The molecular weight excluding hydrogens is 304 g/mol. The first kappa shape index (κ1) is 14.9. The van der Waals surface area contributed by atoms with Gasteiger partial charge in [-0.05, 0) is 50.9 Å². The van der Waals surface area contributed by atoms with Gasteiger partial charge in [0.25, 0.3) is 0 Å². The van der Waals surface area contributed by atoms with Crippen molar-refractivity contribution in [3.8, 4) is 11.5 Å². The number of nitrogens with zero attached hydrogens (tertiary/aromatic N) is 1. The van der Waals surface area contributed by atoms with Gasteiger partial charge in [-0.1, -0.05) is 6.42 Å². The molecule has 6 heteroatoms. The summed E-state index contributed by atoms with van der Waals surface area (Å²) in [7, 11) is 2.14. The Morgan fingerprint density at radius 1 is 1.17 bits per heavy atom. The summed E-state index contributed by atoms with van der Waals surface area (Å²) in [4.78, 5) is 15.2. The number of piperidine rings is 2. The average Bonchev–Trinajstić information content (AvgIpc) is 2.79. The zero-order valence-electron chi connectivity index (χ0n) is 12.9. The first-order chi connectivity index (χ1) is 10.9. The van der Waals surface area contributed by atoms with E-state index in [-0.39, 0.29) is 23.2 Å². The molecule has 4 rings (SSSR count). The van der Waals surface area contributed by atoms with Crippen LogP contribution in [0.1, 0.15) is 42.5 Å². The fourth-order valence-electron chi connectivity index (χ4n) is 4.17. The summed E-state index contributed by atoms with van der Waals surface area (Å²) in [5.41, 5.74) is 0.428. The molecule has 2 atom stereocenters. The van der Waals surface area contributed by atoms with E-state index in [0.29, 0.717) is 17.6 Å². The van der Waals surface area contributed by atoms with Gasteiger partial charge >= 0.3 is 6.29 Å². The van der Waals surface area contributed by atoms with Crippen molar-refractivity contribution in [3.63, 3.8) is 0 Å². The Bertz CT molecular complexity index is 635. The summed E-state index contributed by atoms with van der Waals surface area (Å²) in [6.45, 7) is 0. The van der Waals surface area contributed by atoms with Gasteiger partial charge in [0.2, 0.25) is 0 Å². The van der Waals surface area contributed by atoms with Gasteiger partial charge < -0.3 is 14.4 Å². The van der Waals surface area contributed by atoms with Crippen LogP contribution in [0.2, 0.25) is 0 Å². The van der Waals surface area contributed by atoms with Crippen LogP contribution in [0.25, 0.3) is 0 Å². The number of ketones is 1. The predicted molar refractivity (Wildman–Crippen MR) is 78.9 cm³/mol. The molecule has 3 aliphatic heterocycles. The lowest BCUT2D eigenvalue weighted by atomic mass is 9.76. The van der Waals surface area contributed by atoms with Crippen LogP contribution >= 0.6 is 0 Å². The van der Waals surface area contributed by atoms with Crippen LogP contribution < -0.4 is 9.47 Å². The molecule has 2 saturated heterocycles. The van der Waals surface area contributed by atoms with E-state index in [1.54, 1.807) is 6.07 Å². The number of fused-ring (bicyclic) bond motifs is 3. The number of benzene rings is 1. The van der Waals surface area contributed by atoms with Crippen molar-refractivity contribution in [2.75, 3.05) is 7.05 Å². The summed E-state index contributed by atoms with van der Waals surface area (Å²) in [6.07, 6.45) is 1.52. The van der Waals surface area contributed by atoms with E-state index in [1.807, 2.05) is 0 Å². The highest BCUT2D eigenvalue weighted by Gasteiger charge is 2.44. The Morgan fingerprint density at radius 2 is 1.83 bits per heavy atom. The molecule has 0 radical (unpaired) electrons. The SMILES string of the molecule is CN1C2CCCC1CC(C(=O)c1ccc3c(c1)OC(F)(F)O3)C2. The van der Waals surface area contributed by atoms with Gasteiger partial charge in [-0.2, -0.15) is 0 Å². The zero-order chi connectivity index (χ0) is 16.2. The third-order valence-electron chi connectivity index (χ3n) is 5.40. The second kappa shape index (κ2) is 5.16. The molecule has 23 heavy (non-hydrogen) atoms. The van der Waals surface area contributed by atoms with Gasteiger partial charge in [0.05, 0.1) is 0 Å². The number of hydrogen-bond donors (Lipinski definition) is 0. The molecule has 124 valence electrons. The van der Waals surface area contributed by atoms with Gasteiger partial charge in [-0.15, -0.1) is 8.78 Å². The molecule has 0 amide bonds. The second-order valence-corrected chi connectivity index (χ2v) is 6.77. The number of Topliss-reactive ketones (excluding diaryl/α,β-unsaturated/α-hetero) is 1. The molecule has 0 aliphatic carbocycles. The van der Waals surface area contributed by atoms with Gasteiger partial charge in [-0.25, -0.2) is 0 Å². The fourth-order valence-corrected chi connectivity index (χ4v) is 4.17. The molecule has 3 aliphatic rings. The van der Waals surface area contributed by atoms with Gasteiger partial charge in [0.15, 0.2) is 17.3 Å². The minimum atomic E-state index is -3.64. The summed E-state index contributed by atoms with van der Waals surface area (Å²) >= 11 is 0. The maximum atomic E-state index is 13.1. The normalized spacial score (nSPS) is 31.9. The van der Waals surface area contributed by atoms with E-state index in [1.165, 1.54) is 18.6 Å². The fraction of sp³-hybridized carbons (Fsp3) is 0.588. The summed E-state index contributed by atoms with van der Waals surface area (Å²) in [5.74, 6) is -0.0974. The average molecular weight is 323 g/mol. The Morgan fingerprint density at radius 3 is 2.52 bits per heavy atom. The predicted octanol–water partition coefficient (Wildman–Crippen LogP) is 3.45. The van der Waals surface area contributed by atoms with Crippen LogP contribution in [0, 0.1) is 5.92 Å². The number of rotatable bonds is 2. The molecule has 0 aromatic heterocycles. The van der Waals surface area contributed by atoms with E-state index in [9.17, 15) is 13.6 Å². The Kier molecular flexibility index (Phi) is 3.34. The summed E-state index contributed by atoms with van der Waals surface area (Å²) in [5, 5.41) is 0. The summed E-state index contributed by atoms with van der Waals surface area (Å²) < 4.78 is 35.0. The highest BCUT2D eigenvalue weighted by molar-refractivity contribution is 5.98. The number of hydrogen-bond acceptors (Lipinski definition) is 4. The monoisotopic (exact) mass is 323 g/mol. The zero-order valence-corrected chi connectivity index (χ0v) is 12.9. The van der Waals surface area contributed by atoms with Crippen molar-refractivity contribution in [2.45, 2.75) is 50.5 Å². The molecule has 2 unspecified atom stereocenters.